The normalized spacial score (nSPS) is 10.9. The Hall–Kier alpha value is -3.09. The molecule has 0 saturated carbocycles. The van der Waals surface area contributed by atoms with Gasteiger partial charge in [-0.25, -0.2) is 4.39 Å². The van der Waals surface area contributed by atoms with E-state index in [4.69, 9.17) is 9.84 Å². The summed E-state index contributed by atoms with van der Waals surface area (Å²) in [7, 11) is 0. The SMILES string of the molecule is O=C(CO)[AsH]Cc1ccc(CNC(=O)c2cc(F)cnc2Oc2ccc(F)cc2)cc1. The number of amides is 1. The van der Waals surface area contributed by atoms with E-state index in [1.165, 1.54) is 24.3 Å². The van der Waals surface area contributed by atoms with E-state index in [0.29, 0.717) is 5.21 Å². The molecule has 160 valence electrons. The Morgan fingerprint density at radius 1 is 1.00 bits per heavy atom. The molecular formula is C22H19AsF2N2O4. The Balaban J connectivity index is 1.64. The van der Waals surface area contributed by atoms with Crippen molar-refractivity contribution in [2.45, 2.75) is 11.8 Å². The first kappa shape index (κ1) is 22.6. The van der Waals surface area contributed by atoms with Gasteiger partial charge in [-0.05, 0) is 24.3 Å². The van der Waals surface area contributed by atoms with E-state index < -0.39 is 39.9 Å². The number of aliphatic hydroxyl groups excluding tert-OH is 1. The van der Waals surface area contributed by atoms with Crippen LogP contribution in [0.3, 0.4) is 0 Å². The quantitative estimate of drug-likeness (QED) is 0.452. The van der Waals surface area contributed by atoms with Crippen molar-refractivity contribution in [3.8, 4) is 11.6 Å². The standard InChI is InChI=1S/C22H19AsF2N2O4/c24-16-5-7-18(8-6-16)31-22-19(9-17(25)12-27-22)21(30)26-11-15-3-1-14(2-4-15)10-23-20(29)13-28/h1-9,12,23,28H,10-11,13H2,(H,26,30). The van der Waals surface area contributed by atoms with Crippen molar-refractivity contribution < 1.29 is 28.2 Å². The van der Waals surface area contributed by atoms with Crippen LogP contribution in [0.25, 0.3) is 0 Å². The Bertz CT molecular complexity index is 1060. The van der Waals surface area contributed by atoms with E-state index in [-0.39, 0.29) is 28.3 Å². The second-order valence-electron chi connectivity index (χ2n) is 6.50. The zero-order valence-electron chi connectivity index (χ0n) is 16.3. The molecule has 6 nitrogen and oxygen atoms in total. The zero-order valence-corrected chi connectivity index (χ0v) is 18.4. The van der Waals surface area contributed by atoms with Gasteiger partial charge in [0.05, 0.1) is 0 Å². The molecule has 2 aromatic carbocycles. The maximum atomic E-state index is 13.7. The van der Waals surface area contributed by atoms with Gasteiger partial charge in [0.1, 0.15) is 5.82 Å². The van der Waals surface area contributed by atoms with Crippen LogP contribution < -0.4 is 10.1 Å². The molecular weight excluding hydrogens is 469 g/mol. The molecule has 0 bridgehead atoms. The van der Waals surface area contributed by atoms with Gasteiger partial charge >= 0.3 is 149 Å². The van der Waals surface area contributed by atoms with Crippen LogP contribution in [0.2, 0.25) is 0 Å². The Morgan fingerprint density at radius 3 is 2.35 bits per heavy atom. The molecule has 1 atom stereocenters. The van der Waals surface area contributed by atoms with Crippen LogP contribution in [-0.4, -0.2) is 42.9 Å². The van der Waals surface area contributed by atoms with Crippen LogP contribution in [0.1, 0.15) is 21.5 Å². The molecule has 0 spiro atoms. The first-order valence-electron chi connectivity index (χ1n) is 9.27. The fraction of sp³-hybridized carbons (Fsp3) is 0.136. The molecule has 1 heterocycles. The van der Waals surface area contributed by atoms with Crippen molar-refractivity contribution in [3.63, 3.8) is 0 Å². The predicted molar refractivity (Wildman–Crippen MR) is 111 cm³/mol. The first-order valence-corrected chi connectivity index (χ1v) is 11.8. The summed E-state index contributed by atoms with van der Waals surface area (Å²) in [6.45, 7) is -0.219. The molecule has 0 saturated heterocycles. The molecule has 31 heavy (non-hydrogen) atoms. The number of aliphatic hydroxyl groups is 1. The molecule has 1 unspecified atom stereocenters. The second-order valence-corrected chi connectivity index (χ2v) is 9.15. The number of benzene rings is 2. The monoisotopic (exact) mass is 488 g/mol. The third-order valence-corrected chi connectivity index (χ3v) is 6.59. The number of hydrogen-bond acceptors (Lipinski definition) is 5. The van der Waals surface area contributed by atoms with Crippen molar-refractivity contribution >= 4 is 26.2 Å². The molecule has 9 heteroatoms. The predicted octanol–water partition coefficient (Wildman–Crippen LogP) is 2.54. The molecule has 0 aliphatic rings. The van der Waals surface area contributed by atoms with Crippen LogP contribution in [0.4, 0.5) is 8.78 Å². The number of carbonyl (C=O) groups is 2. The number of halogens is 2. The van der Waals surface area contributed by atoms with Gasteiger partial charge in [0.15, 0.2) is 0 Å². The van der Waals surface area contributed by atoms with E-state index in [1.807, 2.05) is 24.3 Å². The number of pyridine rings is 1. The van der Waals surface area contributed by atoms with Crippen LogP contribution in [0, 0.1) is 11.6 Å². The van der Waals surface area contributed by atoms with Crippen molar-refractivity contribution in [1.82, 2.24) is 10.3 Å². The van der Waals surface area contributed by atoms with Crippen molar-refractivity contribution in [2.24, 2.45) is 0 Å². The number of nitrogens with zero attached hydrogens (tertiary/aromatic N) is 1. The van der Waals surface area contributed by atoms with Crippen molar-refractivity contribution in [2.75, 3.05) is 6.61 Å². The molecule has 2 N–H and O–H groups in total. The fourth-order valence-electron chi connectivity index (χ4n) is 2.59. The topological polar surface area (TPSA) is 88.5 Å². The van der Waals surface area contributed by atoms with Gasteiger partial charge in [-0.1, -0.05) is 0 Å². The minimum absolute atomic E-state index is 0.0890. The summed E-state index contributed by atoms with van der Waals surface area (Å²) in [6.07, 6.45) is 0.929. The van der Waals surface area contributed by atoms with Gasteiger partial charge in [0.2, 0.25) is 0 Å². The van der Waals surface area contributed by atoms with E-state index in [0.717, 1.165) is 23.4 Å². The maximum absolute atomic E-state index is 13.7. The van der Waals surface area contributed by atoms with Crippen LogP contribution >= 0.6 is 0 Å². The minimum atomic E-state index is -0.879. The average molecular weight is 488 g/mol. The molecule has 0 fully saturated rings. The van der Waals surface area contributed by atoms with E-state index >= 15 is 0 Å². The van der Waals surface area contributed by atoms with Crippen molar-refractivity contribution in [1.29, 1.82) is 0 Å². The Kier molecular flexibility index (Phi) is 7.87. The van der Waals surface area contributed by atoms with Gasteiger partial charge in [0, 0.05) is 0 Å². The summed E-state index contributed by atoms with van der Waals surface area (Å²) >= 11 is -0.879. The number of ether oxygens (including phenoxy) is 1. The van der Waals surface area contributed by atoms with E-state index in [2.05, 4.69) is 10.3 Å². The summed E-state index contributed by atoms with van der Waals surface area (Å²) in [5, 5.41) is 12.1. The van der Waals surface area contributed by atoms with Gasteiger partial charge in [-0.15, -0.1) is 0 Å². The molecule has 1 aromatic heterocycles. The van der Waals surface area contributed by atoms with Crippen molar-refractivity contribution in [3.05, 3.63) is 89.1 Å². The van der Waals surface area contributed by atoms with E-state index in [1.54, 1.807) is 0 Å². The van der Waals surface area contributed by atoms with Crippen LogP contribution in [0.15, 0.2) is 60.8 Å². The second kappa shape index (κ2) is 10.8. The summed E-state index contributed by atoms with van der Waals surface area (Å²) < 4.78 is 32.2. The summed E-state index contributed by atoms with van der Waals surface area (Å²) in [6, 6.07) is 13.5. The van der Waals surface area contributed by atoms with Gasteiger partial charge < -0.3 is 0 Å². The number of hydrogen-bond donors (Lipinski definition) is 2. The molecule has 1 amide bonds. The molecule has 0 aliphatic carbocycles. The summed E-state index contributed by atoms with van der Waals surface area (Å²) in [5.74, 6) is -1.55. The Morgan fingerprint density at radius 2 is 1.68 bits per heavy atom. The number of aromatic nitrogens is 1. The molecule has 0 aliphatic heterocycles. The molecule has 3 rings (SSSR count). The first-order chi connectivity index (χ1) is 14.9. The fourth-order valence-corrected chi connectivity index (χ4v) is 4.17. The summed E-state index contributed by atoms with van der Waals surface area (Å²) in [5.41, 5.74) is 1.71. The van der Waals surface area contributed by atoms with E-state index in [9.17, 15) is 18.4 Å². The number of carbonyl (C=O) groups excluding carboxylic acids is 2. The number of rotatable bonds is 9. The molecule has 3 aromatic rings. The van der Waals surface area contributed by atoms with Gasteiger partial charge in [-0.3, -0.25) is 0 Å². The third kappa shape index (κ3) is 6.70. The summed E-state index contributed by atoms with van der Waals surface area (Å²) in [4.78, 5) is 27.7. The Labute approximate surface area is 184 Å². The van der Waals surface area contributed by atoms with Gasteiger partial charge in [0.25, 0.3) is 0 Å². The number of nitrogens with one attached hydrogen (secondary N) is 1. The molecule has 0 radical (unpaired) electrons. The van der Waals surface area contributed by atoms with Crippen LogP contribution in [-0.2, 0) is 16.5 Å². The average Bonchev–Trinajstić information content (AvgIpc) is 2.79. The van der Waals surface area contributed by atoms with Gasteiger partial charge in [-0.2, -0.15) is 0 Å². The van der Waals surface area contributed by atoms with Crippen LogP contribution in [0.5, 0.6) is 11.6 Å². The third-order valence-electron chi connectivity index (χ3n) is 4.20. The zero-order chi connectivity index (χ0) is 22.2.